The zero-order valence-corrected chi connectivity index (χ0v) is 14.9. The van der Waals surface area contributed by atoms with Gasteiger partial charge in [-0.1, -0.05) is 19.1 Å². The van der Waals surface area contributed by atoms with Gasteiger partial charge in [0.2, 0.25) is 0 Å². The topological polar surface area (TPSA) is 73.0 Å². The Morgan fingerprint density at radius 2 is 1.95 bits per heavy atom. The lowest BCUT2D eigenvalue weighted by Gasteiger charge is -2.07. The molecule has 0 bridgehead atoms. The largest absolute Gasteiger partial charge is 0.383 e. The van der Waals surface area contributed by atoms with Crippen molar-refractivity contribution in [2.75, 3.05) is 11.5 Å². The summed E-state index contributed by atoms with van der Waals surface area (Å²) in [5, 5.41) is 2.87. The van der Waals surface area contributed by atoms with Gasteiger partial charge in [0.15, 0.2) is 9.84 Å². The molecule has 0 aliphatic carbocycles. The summed E-state index contributed by atoms with van der Waals surface area (Å²) in [6, 6.07) is 6.89. The minimum Gasteiger partial charge on any atom is -0.383 e. The fourth-order valence-corrected chi connectivity index (χ4v) is 4.91. The van der Waals surface area contributed by atoms with Crippen LogP contribution in [0.1, 0.15) is 6.92 Å². The number of benzene rings is 1. The molecule has 0 spiro atoms. The lowest BCUT2D eigenvalue weighted by Crippen LogP contribution is -2.03. The van der Waals surface area contributed by atoms with Crippen molar-refractivity contribution in [3.05, 3.63) is 40.3 Å². The van der Waals surface area contributed by atoms with Crippen molar-refractivity contribution >= 4 is 53.0 Å². The van der Waals surface area contributed by atoms with Gasteiger partial charge in [0, 0.05) is 31.7 Å². The molecule has 2 heterocycles. The minimum absolute atomic E-state index is 0.0951. The smallest absolute Gasteiger partial charge is 0.178 e. The van der Waals surface area contributed by atoms with Crippen LogP contribution in [0, 0.1) is 0 Å². The fraction of sp³-hybridized carbons (Fsp3) is 0.133. The number of nitrogens with two attached hydrogens (primary N) is 1. The molecule has 0 unspecified atom stereocenters. The fourth-order valence-electron chi connectivity index (χ4n) is 2.25. The molecule has 0 radical (unpaired) electrons. The second-order valence-electron chi connectivity index (χ2n) is 4.77. The Bertz CT molecular complexity index is 948. The van der Waals surface area contributed by atoms with Gasteiger partial charge < -0.3 is 5.73 Å². The van der Waals surface area contributed by atoms with E-state index in [-0.39, 0.29) is 5.75 Å². The molecule has 0 saturated carbocycles. The van der Waals surface area contributed by atoms with Crippen LogP contribution in [0.25, 0.3) is 21.2 Å². The maximum atomic E-state index is 11.9. The van der Waals surface area contributed by atoms with E-state index in [1.807, 2.05) is 17.5 Å². The highest BCUT2D eigenvalue weighted by molar-refractivity contribution is 9.10. The van der Waals surface area contributed by atoms with Crippen molar-refractivity contribution in [1.29, 1.82) is 0 Å². The molecule has 1 aromatic carbocycles. The Labute approximate surface area is 141 Å². The number of nitrogen functional groups attached to an aromatic ring is 1. The average molecular weight is 397 g/mol. The summed E-state index contributed by atoms with van der Waals surface area (Å²) in [7, 11) is -3.18. The third kappa shape index (κ3) is 2.53. The molecular weight excluding hydrogens is 384 g/mol. The molecule has 3 rings (SSSR count). The molecular formula is C15H13BrN2O2S2. The number of pyridine rings is 1. The molecule has 0 aliphatic heterocycles. The number of aromatic nitrogens is 1. The molecule has 2 N–H and O–H groups in total. The number of rotatable bonds is 3. The van der Waals surface area contributed by atoms with Gasteiger partial charge in [0.1, 0.15) is 5.82 Å². The first kappa shape index (κ1) is 15.5. The summed E-state index contributed by atoms with van der Waals surface area (Å²) in [5.74, 6) is 0.579. The second-order valence-corrected chi connectivity index (χ2v) is 8.78. The van der Waals surface area contributed by atoms with Gasteiger partial charge in [-0.05, 0) is 33.6 Å². The van der Waals surface area contributed by atoms with Crippen molar-refractivity contribution in [2.45, 2.75) is 11.8 Å². The highest BCUT2D eigenvalue weighted by Crippen LogP contribution is 2.39. The van der Waals surface area contributed by atoms with E-state index < -0.39 is 9.84 Å². The molecule has 0 fully saturated rings. The van der Waals surface area contributed by atoms with Crippen LogP contribution in [-0.4, -0.2) is 19.2 Å². The van der Waals surface area contributed by atoms with Crippen LogP contribution in [-0.2, 0) is 9.84 Å². The molecule has 3 aromatic rings. The van der Waals surface area contributed by atoms with Gasteiger partial charge >= 0.3 is 0 Å². The van der Waals surface area contributed by atoms with E-state index in [0.29, 0.717) is 10.7 Å². The standard InChI is InChI=1S/C15H13BrN2O2S2/c1-2-22(19,20)10-5-3-9(4-6-10)11-7-18-15(17)13-12(16)8-21-14(11)13/h3-8H,2H2,1H3,(H2,17,18). The number of sulfone groups is 1. The zero-order valence-electron chi connectivity index (χ0n) is 11.7. The van der Waals surface area contributed by atoms with Gasteiger partial charge in [-0.15, -0.1) is 11.3 Å². The predicted molar refractivity (Wildman–Crippen MR) is 94.9 cm³/mol. The first-order valence-corrected chi connectivity index (χ1v) is 9.91. The van der Waals surface area contributed by atoms with E-state index in [4.69, 9.17) is 5.73 Å². The van der Waals surface area contributed by atoms with Gasteiger partial charge in [0.25, 0.3) is 0 Å². The lowest BCUT2D eigenvalue weighted by molar-refractivity contribution is 0.597. The molecule has 0 atom stereocenters. The summed E-state index contributed by atoms with van der Waals surface area (Å²) < 4.78 is 25.7. The Morgan fingerprint density at radius 1 is 1.27 bits per heavy atom. The maximum absolute atomic E-state index is 11.9. The first-order valence-electron chi connectivity index (χ1n) is 6.58. The van der Waals surface area contributed by atoms with Crippen molar-refractivity contribution in [1.82, 2.24) is 4.98 Å². The number of nitrogens with zero attached hydrogens (tertiary/aromatic N) is 1. The predicted octanol–water partition coefficient (Wildman–Crippen LogP) is 4.10. The van der Waals surface area contributed by atoms with Gasteiger partial charge in [0.05, 0.1) is 10.6 Å². The normalized spacial score (nSPS) is 11.9. The maximum Gasteiger partial charge on any atom is 0.178 e. The SMILES string of the molecule is CCS(=O)(=O)c1ccc(-c2cnc(N)c3c(Br)csc23)cc1. The molecule has 114 valence electrons. The number of halogens is 1. The number of hydrogen-bond acceptors (Lipinski definition) is 5. The third-order valence-electron chi connectivity index (χ3n) is 3.48. The van der Waals surface area contributed by atoms with Gasteiger partial charge in [-0.25, -0.2) is 13.4 Å². The van der Waals surface area contributed by atoms with E-state index in [1.54, 1.807) is 36.6 Å². The minimum atomic E-state index is -3.18. The van der Waals surface area contributed by atoms with Crippen molar-refractivity contribution in [3.8, 4) is 11.1 Å². The monoisotopic (exact) mass is 396 g/mol. The summed E-state index contributed by atoms with van der Waals surface area (Å²) in [5.41, 5.74) is 7.80. The summed E-state index contributed by atoms with van der Waals surface area (Å²) in [6.45, 7) is 1.64. The van der Waals surface area contributed by atoms with E-state index in [1.165, 1.54) is 0 Å². The number of hydrogen-bond donors (Lipinski definition) is 1. The van der Waals surface area contributed by atoms with Crippen molar-refractivity contribution in [2.24, 2.45) is 0 Å². The highest BCUT2D eigenvalue weighted by atomic mass is 79.9. The van der Waals surface area contributed by atoms with Crippen LogP contribution in [0.15, 0.2) is 45.2 Å². The van der Waals surface area contributed by atoms with Gasteiger partial charge in [-0.2, -0.15) is 0 Å². The third-order valence-corrected chi connectivity index (χ3v) is 7.18. The van der Waals surface area contributed by atoms with Crippen LogP contribution in [0.4, 0.5) is 5.82 Å². The Morgan fingerprint density at radius 3 is 2.59 bits per heavy atom. The molecule has 7 heteroatoms. The van der Waals surface area contributed by atoms with Crippen LogP contribution in [0.2, 0.25) is 0 Å². The molecule has 0 aliphatic rings. The van der Waals surface area contributed by atoms with Crippen LogP contribution >= 0.6 is 27.3 Å². The second kappa shape index (κ2) is 5.64. The molecule has 0 saturated heterocycles. The molecule has 2 aromatic heterocycles. The van der Waals surface area contributed by atoms with Crippen molar-refractivity contribution < 1.29 is 8.42 Å². The van der Waals surface area contributed by atoms with Crippen LogP contribution in [0.3, 0.4) is 0 Å². The number of thiophene rings is 1. The van der Waals surface area contributed by atoms with Gasteiger partial charge in [-0.3, -0.25) is 0 Å². The van der Waals surface area contributed by atoms with E-state index >= 15 is 0 Å². The van der Waals surface area contributed by atoms with E-state index in [2.05, 4.69) is 20.9 Å². The lowest BCUT2D eigenvalue weighted by atomic mass is 10.1. The van der Waals surface area contributed by atoms with E-state index in [0.717, 1.165) is 25.7 Å². The number of fused-ring (bicyclic) bond motifs is 1. The van der Waals surface area contributed by atoms with Crippen LogP contribution in [0.5, 0.6) is 0 Å². The quantitative estimate of drug-likeness (QED) is 0.722. The first-order chi connectivity index (χ1) is 10.4. The zero-order chi connectivity index (χ0) is 15.9. The Hall–Kier alpha value is -1.44. The van der Waals surface area contributed by atoms with Crippen molar-refractivity contribution in [3.63, 3.8) is 0 Å². The van der Waals surface area contributed by atoms with E-state index in [9.17, 15) is 8.42 Å². The summed E-state index contributed by atoms with van der Waals surface area (Å²) in [4.78, 5) is 4.58. The Kier molecular flexibility index (Phi) is 3.96. The molecule has 22 heavy (non-hydrogen) atoms. The molecule has 4 nitrogen and oxygen atoms in total. The summed E-state index contributed by atoms with van der Waals surface area (Å²) >= 11 is 5.06. The highest BCUT2D eigenvalue weighted by Gasteiger charge is 2.14. The van der Waals surface area contributed by atoms with Crippen LogP contribution < -0.4 is 5.73 Å². The Balaban J connectivity index is 2.15. The molecule has 0 amide bonds. The number of anilines is 1. The average Bonchev–Trinajstić information content (AvgIpc) is 2.91. The summed E-state index contributed by atoms with van der Waals surface area (Å²) in [6.07, 6.45) is 1.73.